The fourth-order valence-corrected chi connectivity index (χ4v) is 1.14. The third kappa shape index (κ3) is 1.03. The second-order valence-corrected chi connectivity index (χ2v) is 2.58. The monoisotopic (exact) mass is 163 g/mol. The van der Waals surface area contributed by atoms with E-state index >= 15 is 0 Å². The van der Waals surface area contributed by atoms with Gasteiger partial charge in [-0.1, -0.05) is 18.2 Å². The van der Waals surface area contributed by atoms with Crippen LogP contribution in [0.4, 0.5) is 4.39 Å². The average molecular weight is 163 g/mol. The minimum Gasteiger partial charge on any atom is -0.269 e. The van der Waals surface area contributed by atoms with Crippen molar-refractivity contribution in [3.8, 4) is 0 Å². The van der Waals surface area contributed by atoms with Gasteiger partial charge >= 0.3 is 0 Å². The molecular formula is C9H6FNO. The molecule has 1 aromatic carbocycles. The van der Waals surface area contributed by atoms with Gasteiger partial charge in [0.05, 0.1) is 5.36 Å². The summed E-state index contributed by atoms with van der Waals surface area (Å²) in [6, 6.07) is 6.98. The highest BCUT2D eigenvalue weighted by Crippen LogP contribution is 1.97. The summed E-state index contributed by atoms with van der Waals surface area (Å²) in [6.45, 7) is 0. The van der Waals surface area contributed by atoms with Crippen LogP contribution in [0.25, 0.3) is 6.08 Å². The van der Waals surface area contributed by atoms with E-state index in [0.717, 1.165) is 0 Å². The van der Waals surface area contributed by atoms with Gasteiger partial charge in [-0.2, -0.15) is 0 Å². The molecule has 1 aliphatic rings. The van der Waals surface area contributed by atoms with Crippen LogP contribution in [0.2, 0.25) is 0 Å². The molecule has 0 fully saturated rings. The summed E-state index contributed by atoms with van der Waals surface area (Å²) < 4.78 is 12.8. The second kappa shape index (κ2) is 2.52. The first kappa shape index (κ1) is 7.16. The molecule has 12 heavy (non-hydrogen) atoms. The highest BCUT2D eigenvalue weighted by atomic mass is 19.1. The quantitative estimate of drug-likeness (QED) is 0.528. The molecule has 0 saturated carbocycles. The molecule has 1 heterocycles. The van der Waals surface area contributed by atoms with E-state index in [1.54, 1.807) is 24.3 Å². The van der Waals surface area contributed by atoms with Gasteiger partial charge in [-0.25, -0.2) is 9.38 Å². The second-order valence-electron chi connectivity index (χ2n) is 2.58. The van der Waals surface area contributed by atoms with Crippen LogP contribution in [-0.4, -0.2) is 12.1 Å². The molecule has 1 aliphatic heterocycles. The van der Waals surface area contributed by atoms with Gasteiger partial charge in [0.1, 0.15) is 0 Å². The molecule has 2 rings (SSSR count). The highest BCUT2D eigenvalue weighted by Gasteiger charge is 2.15. The van der Waals surface area contributed by atoms with Crippen LogP contribution in [0.1, 0.15) is 0 Å². The highest BCUT2D eigenvalue weighted by molar-refractivity contribution is 5.88. The van der Waals surface area contributed by atoms with E-state index in [4.69, 9.17) is 0 Å². The maximum absolute atomic E-state index is 12.8. The Morgan fingerprint density at radius 3 is 2.92 bits per heavy atom. The van der Waals surface area contributed by atoms with Crippen molar-refractivity contribution in [1.29, 1.82) is 0 Å². The molecule has 0 radical (unpaired) electrons. The number of carbonyl (C=O) groups excluding carboxylic acids is 1. The van der Waals surface area contributed by atoms with E-state index in [0.29, 0.717) is 10.6 Å². The number of amides is 1. The fraction of sp³-hybridized carbons (Fsp3) is 0.111. The first-order valence-corrected chi connectivity index (χ1v) is 3.61. The zero-order chi connectivity index (χ0) is 8.55. The van der Waals surface area contributed by atoms with Crippen LogP contribution in [0.5, 0.6) is 0 Å². The maximum Gasteiger partial charge on any atom is 0.284 e. The smallest absolute Gasteiger partial charge is 0.269 e. The van der Waals surface area contributed by atoms with Crippen LogP contribution in [0, 0.1) is 0 Å². The number of fused-ring (bicyclic) bond motifs is 1. The van der Waals surface area contributed by atoms with Crippen LogP contribution < -0.4 is 10.6 Å². The van der Waals surface area contributed by atoms with E-state index in [1.807, 2.05) is 0 Å². The molecule has 0 saturated heterocycles. The molecule has 0 N–H and O–H groups in total. The number of carbonyl (C=O) groups is 1. The van der Waals surface area contributed by atoms with E-state index in [1.165, 1.54) is 6.08 Å². The minimum atomic E-state index is -1.57. The Bertz CT molecular complexity index is 438. The standard InChI is InChI=1S/C9H6FNO/c10-7-5-6-3-1-2-4-8(6)11-9(7)12/h1-5,7H. The Morgan fingerprint density at radius 1 is 1.33 bits per heavy atom. The predicted octanol–water partition coefficient (Wildman–Crippen LogP) is -0.0350. The van der Waals surface area contributed by atoms with Crippen LogP contribution in [0.15, 0.2) is 29.3 Å². The zero-order valence-corrected chi connectivity index (χ0v) is 6.20. The van der Waals surface area contributed by atoms with Crippen molar-refractivity contribution in [3.63, 3.8) is 0 Å². The SMILES string of the molecule is O=C1N=c2ccccc2=CC1F. The Kier molecular flexibility index (Phi) is 1.50. The Morgan fingerprint density at radius 2 is 2.08 bits per heavy atom. The van der Waals surface area contributed by atoms with Gasteiger partial charge in [0.25, 0.3) is 5.91 Å². The number of rotatable bonds is 0. The lowest BCUT2D eigenvalue weighted by molar-refractivity contribution is -0.120. The number of hydrogen-bond donors (Lipinski definition) is 0. The van der Waals surface area contributed by atoms with Crippen LogP contribution in [0.3, 0.4) is 0 Å². The summed E-state index contributed by atoms with van der Waals surface area (Å²) >= 11 is 0. The molecular weight excluding hydrogens is 157 g/mol. The van der Waals surface area contributed by atoms with Crippen molar-refractivity contribution in [3.05, 3.63) is 34.8 Å². The van der Waals surface area contributed by atoms with Crippen molar-refractivity contribution in [1.82, 2.24) is 0 Å². The van der Waals surface area contributed by atoms with Crippen molar-refractivity contribution in [2.45, 2.75) is 6.17 Å². The molecule has 2 nitrogen and oxygen atoms in total. The average Bonchev–Trinajstić information content (AvgIpc) is 2.07. The summed E-state index contributed by atoms with van der Waals surface area (Å²) in [5.74, 6) is -0.714. The first-order chi connectivity index (χ1) is 5.77. The normalized spacial score (nSPS) is 20.8. The van der Waals surface area contributed by atoms with Crippen LogP contribution >= 0.6 is 0 Å². The third-order valence-corrected chi connectivity index (χ3v) is 1.73. The maximum atomic E-state index is 12.8. The number of benzene rings is 1. The summed E-state index contributed by atoms with van der Waals surface area (Å²) in [4.78, 5) is 14.4. The lowest BCUT2D eigenvalue weighted by Gasteiger charge is -2.01. The van der Waals surface area contributed by atoms with E-state index in [2.05, 4.69) is 4.99 Å². The zero-order valence-electron chi connectivity index (χ0n) is 6.20. The van der Waals surface area contributed by atoms with Gasteiger partial charge in [-0.3, -0.25) is 4.79 Å². The fourth-order valence-electron chi connectivity index (χ4n) is 1.14. The molecule has 1 unspecified atom stereocenters. The summed E-state index contributed by atoms with van der Waals surface area (Å²) in [7, 11) is 0. The topological polar surface area (TPSA) is 29.4 Å². The molecule has 1 amide bonds. The molecule has 3 heteroatoms. The molecule has 0 aliphatic carbocycles. The van der Waals surface area contributed by atoms with Gasteiger partial charge in [-0.05, 0) is 17.4 Å². The molecule has 1 aromatic rings. The van der Waals surface area contributed by atoms with Crippen molar-refractivity contribution < 1.29 is 9.18 Å². The van der Waals surface area contributed by atoms with E-state index in [-0.39, 0.29) is 0 Å². The largest absolute Gasteiger partial charge is 0.284 e. The van der Waals surface area contributed by atoms with Crippen molar-refractivity contribution >= 4 is 12.0 Å². The molecule has 1 atom stereocenters. The summed E-state index contributed by atoms with van der Waals surface area (Å²) in [5, 5.41) is 1.24. The number of alkyl halides is 1. The Hall–Kier alpha value is -1.51. The number of halogens is 1. The first-order valence-electron chi connectivity index (χ1n) is 3.61. The van der Waals surface area contributed by atoms with Gasteiger partial charge in [-0.15, -0.1) is 0 Å². The van der Waals surface area contributed by atoms with E-state index in [9.17, 15) is 9.18 Å². The number of para-hydroxylation sites is 1. The summed E-state index contributed by atoms with van der Waals surface area (Å²) in [5.41, 5.74) is 0. The molecule has 0 aromatic heterocycles. The minimum absolute atomic E-state index is 0.552. The van der Waals surface area contributed by atoms with Crippen molar-refractivity contribution in [2.75, 3.05) is 0 Å². The third-order valence-electron chi connectivity index (χ3n) is 1.73. The summed E-state index contributed by atoms with van der Waals surface area (Å²) in [6.07, 6.45) is -0.287. The van der Waals surface area contributed by atoms with Gasteiger partial charge in [0, 0.05) is 0 Å². The Labute approximate surface area is 68.1 Å². The Balaban J connectivity index is 2.79. The molecule has 0 bridgehead atoms. The predicted molar refractivity (Wildman–Crippen MR) is 41.6 cm³/mol. The van der Waals surface area contributed by atoms with Gasteiger partial charge in [0.15, 0.2) is 6.17 Å². The molecule has 0 spiro atoms. The molecule has 60 valence electrons. The van der Waals surface area contributed by atoms with E-state index < -0.39 is 12.1 Å². The van der Waals surface area contributed by atoms with Crippen molar-refractivity contribution in [2.24, 2.45) is 4.99 Å². The number of hydrogen-bond acceptors (Lipinski definition) is 1. The van der Waals surface area contributed by atoms with Gasteiger partial charge < -0.3 is 0 Å². The number of nitrogens with zero attached hydrogens (tertiary/aromatic N) is 1. The lowest BCUT2D eigenvalue weighted by Crippen LogP contribution is -2.33. The lowest BCUT2D eigenvalue weighted by atomic mass is 10.2. The van der Waals surface area contributed by atoms with Crippen LogP contribution in [-0.2, 0) is 4.79 Å². The van der Waals surface area contributed by atoms with Gasteiger partial charge in [0.2, 0.25) is 0 Å².